The molecule has 11 heavy (non-hydrogen) atoms. The van der Waals surface area contributed by atoms with Gasteiger partial charge in [-0.05, 0) is 44.1 Å². The highest BCUT2D eigenvalue weighted by Crippen LogP contribution is 2.30. The first-order chi connectivity index (χ1) is 5.36. The summed E-state index contributed by atoms with van der Waals surface area (Å²) in [4.78, 5) is 4.46. The molecule has 0 aromatic carbocycles. The second-order valence-electron chi connectivity index (χ2n) is 3.66. The molecule has 2 aliphatic rings. The Morgan fingerprint density at radius 3 is 3.36 bits per heavy atom. The number of nitrogens with zero attached hydrogens (tertiary/aromatic N) is 1. The number of rotatable bonds is 0. The van der Waals surface area contributed by atoms with Crippen molar-refractivity contribution in [2.24, 2.45) is 10.9 Å². The molecule has 1 heteroatoms. The van der Waals surface area contributed by atoms with E-state index in [9.17, 15) is 0 Å². The van der Waals surface area contributed by atoms with Gasteiger partial charge in [-0.3, -0.25) is 4.99 Å². The molecule has 1 aliphatic carbocycles. The van der Waals surface area contributed by atoms with E-state index in [1.807, 2.05) is 0 Å². The minimum absolute atomic E-state index is 0.862. The zero-order chi connectivity index (χ0) is 7.68. The molecule has 0 fully saturated rings. The fraction of sp³-hybridized carbons (Fsp3) is 0.700. The maximum absolute atomic E-state index is 4.46. The number of hydrogen-bond acceptors (Lipinski definition) is 1. The zero-order valence-corrected chi connectivity index (χ0v) is 7.14. The van der Waals surface area contributed by atoms with Crippen molar-refractivity contribution in [3.05, 3.63) is 11.6 Å². The summed E-state index contributed by atoms with van der Waals surface area (Å²) in [7, 11) is 0. The predicted molar refractivity (Wildman–Crippen MR) is 48.0 cm³/mol. The van der Waals surface area contributed by atoms with Crippen molar-refractivity contribution in [1.29, 1.82) is 0 Å². The molecule has 0 aromatic heterocycles. The van der Waals surface area contributed by atoms with Gasteiger partial charge in [0.15, 0.2) is 0 Å². The molecule has 2 rings (SSSR count). The minimum Gasteiger partial charge on any atom is -0.290 e. The van der Waals surface area contributed by atoms with Crippen molar-refractivity contribution in [3.8, 4) is 0 Å². The highest BCUT2D eigenvalue weighted by Gasteiger charge is 2.20. The molecule has 0 saturated heterocycles. The van der Waals surface area contributed by atoms with Crippen molar-refractivity contribution in [1.82, 2.24) is 0 Å². The van der Waals surface area contributed by atoms with Crippen LogP contribution >= 0.6 is 0 Å². The van der Waals surface area contributed by atoms with Crippen LogP contribution in [0.3, 0.4) is 0 Å². The van der Waals surface area contributed by atoms with Gasteiger partial charge in [0, 0.05) is 5.71 Å². The van der Waals surface area contributed by atoms with Crippen LogP contribution in [0.2, 0.25) is 0 Å². The van der Waals surface area contributed by atoms with Crippen LogP contribution in [0.4, 0.5) is 0 Å². The molecule has 0 saturated carbocycles. The van der Waals surface area contributed by atoms with E-state index in [1.165, 1.54) is 31.4 Å². The van der Waals surface area contributed by atoms with Crippen molar-refractivity contribution in [2.75, 3.05) is 6.54 Å². The van der Waals surface area contributed by atoms with Crippen LogP contribution in [0.1, 0.15) is 32.6 Å². The first-order valence-corrected chi connectivity index (χ1v) is 4.55. The van der Waals surface area contributed by atoms with Crippen LogP contribution in [-0.4, -0.2) is 12.3 Å². The number of allylic oxidation sites excluding steroid dienone is 1. The molecule has 1 aliphatic heterocycles. The summed E-state index contributed by atoms with van der Waals surface area (Å²) in [6, 6.07) is 0. The van der Waals surface area contributed by atoms with Crippen molar-refractivity contribution >= 4 is 5.71 Å². The van der Waals surface area contributed by atoms with Gasteiger partial charge >= 0.3 is 0 Å². The number of hydrogen-bond donors (Lipinski definition) is 0. The van der Waals surface area contributed by atoms with E-state index in [0.29, 0.717) is 0 Å². The minimum atomic E-state index is 0.862. The van der Waals surface area contributed by atoms with Gasteiger partial charge in [-0.25, -0.2) is 0 Å². The molecule has 1 nitrogen and oxygen atoms in total. The second kappa shape index (κ2) is 2.80. The molecular weight excluding hydrogens is 134 g/mol. The van der Waals surface area contributed by atoms with Crippen LogP contribution in [0.25, 0.3) is 0 Å². The highest BCUT2D eigenvalue weighted by atomic mass is 14.8. The second-order valence-corrected chi connectivity index (χ2v) is 3.66. The van der Waals surface area contributed by atoms with Gasteiger partial charge < -0.3 is 0 Å². The summed E-state index contributed by atoms with van der Waals surface area (Å²) in [5.74, 6) is 0.862. The lowest BCUT2D eigenvalue weighted by atomic mass is 9.82. The van der Waals surface area contributed by atoms with E-state index in [4.69, 9.17) is 0 Å². The van der Waals surface area contributed by atoms with E-state index in [0.717, 1.165) is 12.5 Å². The first kappa shape index (κ1) is 7.08. The summed E-state index contributed by atoms with van der Waals surface area (Å²) in [6.45, 7) is 3.15. The first-order valence-electron chi connectivity index (χ1n) is 4.55. The van der Waals surface area contributed by atoms with Gasteiger partial charge in [-0.15, -0.1) is 0 Å². The Morgan fingerprint density at radius 1 is 1.55 bits per heavy atom. The third-order valence-corrected chi connectivity index (χ3v) is 2.76. The largest absolute Gasteiger partial charge is 0.290 e. The molecule has 0 spiro atoms. The molecule has 0 aromatic rings. The Hall–Kier alpha value is -0.590. The maximum atomic E-state index is 4.46. The lowest BCUT2D eigenvalue weighted by Gasteiger charge is -2.26. The van der Waals surface area contributed by atoms with Gasteiger partial charge in [0.05, 0.1) is 6.54 Å². The summed E-state index contributed by atoms with van der Waals surface area (Å²) in [5, 5.41) is 0. The fourth-order valence-electron chi connectivity index (χ4n) is 2.08. The zero-order valence-electron chi connectivity index (χ0n) is 7.14. The number of aliphatic imine (C=N–C) groups is 1. The average Bonchev–Trinajstić information content (AvgIpc) is 2.04. The van der Waals surface area contributed by atoms with Gasteiger partial charge in [-0.1, -0.05) is 6.08 Å². The van der Waals surface area contributed by atoms with E-state index in [-0.39, 0.29) is 0 Å². The van der Waals surface area contributed by atoms with Gasteiger partial charge in [0.2, 0.25) is 0 Å². The van der Waals surface area contributed by atoms with Gasteiger partial charge in [-0.2, -0.15) is 0 Å². The smallest absolute Gasteiger partial charge is 0.0601 e. The van der Waals surface area contributed by atoms with Crippen LogP contribution in [-0.2, 0) is 0 Å². The topological polar surface area (TPSA) is 12.4 Å². The monoisotopic (exact) mass is 149 g/mol. The quantitative estimate of drug-likeness (QED) is 0.469. The Balaban J connectivity index is 2.18. The lowest BCUT2D eigenvalue weighted by Crippen LogP contribution is -2.19. The number of fused-ring (bicyclic) bond motifs is 1. The third kappa shape index (κ3) is 1.37. The van der Waals surface area contributed by atoms with Gasteiger partial charge in [0.1, 0.15) is 0 Å². The fourth-order valence-corrected chi connectivity index (χ4v) is 2.08. The molecule has 1 heterocycles. The molecule has 60 valence electrons. The summed E-state index contributed by atoms with van der Waals surface area (Å²) < 4.78 is 0. The van der Waals surface area contributed by atoms with Gasteiger partial charge in [0.25, 0.3) is 0 Å². The van der Waals surface area contributed by atoms with Crippen molar-refractivity contribution in [2.45, 2.75) is 32.6 Å². The van der Waals surface area contributed by atoms with Crippen LogP contribution in [0.15, 0.2) is 16.6 Å². The van der Waals surface area contributed by atoms with E-state index < -0.39 is 0 Å². The molecule has 1 atom stereocenters. The standard InChI is InChI=1S/C10H15N/c1-8-6-9-4-2-3-5-10(9)7-11-8/h5,9H,2-4,6-7H2,1H3/t9-/m1/s1. The van der Waals surface area contributed by atoms with Crippen molar-refractivity contribution in [3.63, 3.8) is 0 Å². The highest BCUT2D eigenvalue weighted by molar-refractivity contribution is 5.83. The Bertz CT molecular complexity index is 213. The molecule has 0 N–H and O–H groups in total. The van der Waals surface area contributed by atoms with E-state index >= 15 is 0 Å². The molecule has 0 amide bonds. The molecule has 0 radical (unpaired) electrons. The summed E-state index contributed by atoms with van der Waals surface area (Å²) in [6.07, 6.45) is 7.72. The van der Waals surface area contributed by atoms with E-state index in [1.54, 1.807) is 5.57 Å². The Morgan fingerprint density at radius 2 is 2.45 bits per heavy atom. The third-order valence-electron chi connectivity index (χ3n) is 2.76. The Kier molecular flexibility index (Phi) is 1.80. The van der Waals surface area contributed by atoms with Crippen LogP contribution in [0.5, 0.6) is 0 Å². The molecular formula is C10H15N. The van der Waals surface area contributed by atoms with Crippen LogP contribution in [0, 0.1) is 5.92 Å². The van der Waals surface area contributed by atoms with E-state index in [2.05, 4.69) is 18.0 Å². The average molecular weight is 149 g/mol. The van der Waals surface area contributed by atoms with Crippen LogP contribution < -0.4 is 0 Å². The SMILES string of the molecule is CC1=NCC2=CCCC[C@@H]2C1. The molecule has 0 bridgehead atoms. The van der Waals surface area contributed by atoms with Crippen molar-refractivity contribution < 1.29 is 0 Å². The molecule has 0 unspecified atom stereocenters. The summed E-state index contributed by atoms with van der Waals surface area (Å²) >= 11 is 0. The maximum Gasteiger partial charge on any atom is 0.0601 e. The summed E-state index contributed by atoms with van der Waals surface area (Å²) in [5.41, 5.74) is 2.97. The predicted octanol–water partition coefficient (Wildman–Crippen LogP) is 2.58. The normalized spacial score (nSPS) is 30.5. The Labute approximate surface area is 68.2 Å². The lowest BCUT2D eigenvalue weighted by molar-refractivity contribution is 0.508.